The van der Waals surface area contributed by atoms with Gasteiger partial charge in [-0.25, -0.2) is 0 Å². The van der Waals surface area contributed by atoms with Crippen molar-refractivity contribution in [1.29, 1.82) is 0 Å². The molecule has 1 unspecified atom stereocenters. The summed E-state index contributed by atoms with van der Waals surface area (Å²) in [6.45, 7) is 4.11. The van der Waals surface area contributed by atoms with Crippen LogP contribution in [-0.4, -0.2) is 0 Å². The molecule has 0 aliphatic rings. The zero-order valence-electron chi connectivity index (χ0n) is 10.2. The quantitative estimate of drug-likeness (QED) is 0.666. The molecule has 0 fully saturated rings. The number of benzene rings is 2. The highest BCUT2D eigenvalue weighted by Gasteiger charge is 2.01. The van der Waals surface area contributed by atoms with E-state index in [2.05, 4.69) is 29.3 Å². The molecule has 17 heavy (non-hydrogen) atoms. The molecule has 0 aliphatic heterocycles. The van der Waals surface area contributed by atoms with E-state index in [1.807, 2.05) is 49.4 Å². The zero-order chi connectivity index (χ0) is 12.1. The van der Waals surface area contributed by atoms with E-state index in [4.69, 9.17) is 0 Å². The summed E-state index contributed by atoms with van der Waals surface area (Å²) in [4.78, 5) is 0. The van der Waals surface area contributed by atoms with Crippen LogP contribution >= 0.6 is 0 Å². The second kappa shape index (κ2) is 5.39. The molecule has 2 heteroatoms. The third kappa shape index (κ3) is 3.25. The summed E-state index contributed by atoms with van der Waals surface area (Å²) < 4.78 is 0. The first kappa shape index (κ1) is 11.5. The monoisotopic (exact) mass is 224 g/mol. The third-order valence-electron chi connectivity index (χ3n) is 2.66. The van der Waals surface area contributed by atoms with E-state index in [0.29, 0.717) is 0 Å². The molecule has 2 aromatic carbocycles. The summed E-state index contributed by atoms with van der Waals surface area (Å²) in [5.74, 6) is 0. The summed E-state index contributed by atoms with van der Waals surface area (Å²) in [5.41, 5.74) is 3.32. The molecule has 0 N–H and O–H groups in total. The lowest BCUT2D eigenvalue weighted by atomic mass is 10.1. The van der Waals surface area contributed by atoms with Gasteiger partial charge >= 0.3 is 0 Å². The average molecular weight is 224 g/mol. The zero-order valence-corrected chi connectivity index (χ0v) is 10.2. The van der Waals surface area contributed by atoms with E-state index in [0.717, 1.165) is 5.69 Å². The number of hydrogen-bond donors (Lipinski definition) is 0. The van der Waals surface area contributed by atoms with Gasteiger partial charge in [-0.15, -0.1) is 0 Å². The molecular weight excluding hydrogens is 208 g/mol. The molecule has 0 bridgehead atoms. The van der Waals surface area contributed by atoms with E-state index < -0.39 is 0 Å². The van der Waals surface area contributed by atoms with Crippen molar-refractivity contribution in [3.63, 3.8) is 0 Å². The Kier molecular flexibility index (Phi) is 3.66. The predicted molar refractivity (Wildman–Crippen MR) is 70.6 cm³/mol. The Labute approximate surface area is 102 Å². The molecule has 2 aromatic rings. The van der Waals surface area contributed by atoms with Crippen molar-refractivity contribution in [2.75, 3.05) is 0 Å². The molecule has 0 amide bonds. The van der Waals surface area contributed by atoms with Crippen molar-refractivity contribution in [3.8, 4) is 0 Å². The number of nitrogens with zero attached hydrogens (tertiary/aromatic N) is 2. The molecule has 86 valence electrons. The van der Waals surface area contributed by atoms with Gasteiger partial charge in [-0.2, -0.15) is 10.2 Å². The van der Waals surface area contributed by atoms with Crippen LogP contribution in [0, 0.1) is 6.92 Å². The van der Waals surface area contributed by atoms with Crippen molar-refractivity contribution < 1.29 is 0 Å². The highest BCUT2D eigenvalue weighted by molar-refractivity contribution is 5.37. The lowest BCUT2D eigenvalue weighted by molar-refractivity contribution is 0.764. The Balaban J connectivity index is 2.08. The van der Waals surface area contributed by atoms with E-state index >= 15 is 0 Å². The predicted octanol–water partition coefficient (Wildman–Crippen LogP) is 4.84. The highest BCUT2D eigenvalue weighted by atomic mass is 15.1. The number of azo groups is 1. The molecule has 0 spiro atoms. The maximum atomic E-state index is 4.32. The van der Waals surface area contributed by atoms with Gasteiger partial charge in [0.1, 0.15) is 0 Å². The number of rotatable bonds is 3. The standard InChI is InChI=1S/C15H16N2/c1-12-8-10-15(11-9-12)17-16-13(2)14-6-4-3-5-7-14/h3-11,13H,1-2H3. The van der Waals surface area contributed by atoms with Gasteiger partial charge in [0.25, 0.3) is 0 Å². The van der Waals surface area contributed by atoms with Crippen LogP contribution in [0.5, 0.6) is 0 Å². The fourth-order valence-corrected chi connectivity index (χ4v) is 1.56. The first-order valence-electron chi connectivity index (χ1n) is 5.78. The second-order valence-corrected chi connectivity index (χ2v) is 4.14. The molecule has 0 saturated heterocycles. The maximum Gasteiger partial charge on any atom is 0.0934 e. The maximum absolute atomic E-state index is 4.32. The van der Waals surface area contributed by atoms with Gasteiger partial charge in [0, 0.05) is 0 Å². The van der Waals surface area contributed by atoms with Gasteiger partial charge in [-0.1, -0.05) is 48.0 Å². The van der Waals surface area contributed by atoms with Crippen LogP contribution in [0.4, 0.5) is 5.69 Å². The molecular formula is C15H16N2. The smallest absolute Gasteiger partial charge is 0.0934 e. The van der Waals surface area contributed by atoms with E-state index in [-0.39, 0.29) is 6.04 Å². The lowest BCUT2D eigenvalue weighted by Gasteiger charge is -2.04. The van der Waals surface area contributed by atoms with E-state index in [9.17, 15) is 0 Å². The van der Waals surface area contributed by atoms with Crippen molar-refractivity contribution in [3.05, 3.63) is 65.7 Å². The van der Waals surface area contributed by atoms with Crippen molar-refractivity contribution in [1.82, 2.24) is 0 Å². The second-order valence-electron chi connectivity index (χ2n) is 4.14. The molecule has 2 rings (SSSR count). The minimum absolute atomic E-state index is 0.0949. The van der Waals surface area contributed by atoms with Gasteiger partial charge < -0.3 is 0 Å². The normalized spacial score (nSPS) is 12.8. The molecule has 0 aromatic heterocycles. The first-order chi connectivity index (χ1) is 8.25. The Hall–Kier alpha value is -1.96. The van der Waals surface area contributed by atoms with E-state index in [1.54, 1.807) is 0 Å². The van der Waals surface area contributed by atoms with Crippen molar-refractivity contribution in [2.45, 2.75) is 19.9 Å². The topological polar surface area (TPSA) is 24.7 Å². The summed E-state index contributed by atoms with van der Waals surface area (Å²) in [7, 11) is 0. The van der Waals surface area contributed by atoms with Crippen molar-refractivity contribution in [2.24, 2.45) is 10.2 Å². The van der Waals surface area contributed by atoms with Crippen LogP contribution in [-0.2, 0) is 0 Å². The minimum Gasteiger partial charge on any atom is -0.181 e. The Morgan fingerprint density at radius 2 is 1.53 bits per heavy atom. The van der Waals surface area contributed by atoms with Gasteiger partial charge in [0.2, 0.25) is 0 Å². The van der Waals surface area contributed by atoms with Crippen LogP contribution < -0.4 is 0 Å². The number of hydrogen-bond acceptors (Lipinski definition) is 2. The number of aryl methyl sites for hydroxylation is 1. The average Bonchev–Trinajstić information content (AvgIpc) is 2.39. The van der Waals surface area contributed by atoms with Crippen LogP contribution in [0.25, 0.3) is 0 Å². The van der Waals surface area contributed by atoms with Gasteiger partial charge in [0.05, 0.1) is 11.7 Å². The molecule has 0 aliphatic carbocycles. The van der Waals surface area contributed by atoms with Gasteiger partial charge in [-0.3, -0.25) is 0 Å². The van der Waals surface area contributed by atoms with E-state index in [1.165, 1.54) is 11.1 Å². The summed E-state index contributed by atoms with van der Waals surface area (Å²) in [6, 6.07) is 18.3. The summed E-state index contributed by atoms with van der Waals surface area (Å²) in [6.07, 6.45) is 0. The third-order valence-corrected chi connectivity index (χ3v) is 2.66. The fourth-order valence-electron chi connectivity index (χ4n) is 1.56. The summed E-state index contributed by atoms with van der Waals surface area (Å²) in [5, 5.41) is 8.57. The minimum atomic E-state index is 0.0949. The Morgan fingerprint density at radius 3 is 2.18 bits per heavy atom. The lowest BCUT2D eigenvalue weighted by Crippen LogP contribution is -1.86. The molecule has 0 saturated carbocycles. The first-order valence-corrected chi connectivity index (χ1v) is 5.78. The van der Waals surface area contributed by atoms with Crippen LogP contribution in [0.15, 0.2) is 64.8 Å². The molecule has 0 heterocycles. The molecule has 2 nitrogen and oxygen atoms in total. The molecule has 1 atom stereocenters. The van der Waals surface area contributed by atoms with Crippen LogP contribution in [0.2, 0.25) is 0 Å². The van der Waals surface area contributed by atoms with Crippen LogP contribution in [0.1, 0.15) is 24.1 Å². The molecule has 0 radical (unpaired) electrons. The highest BCUT2D eigenvalue weighted by Crippen LogP contribution is 2.20. The van der Waals surface area contributed by atoms with Crippen molar-refractivity contribution >= 4 is 5.69 Å². The van der Waals surface area contributed by atoms with Gasteiger partial charge in [-0.05, 0) is 31.5 Å². The summed E-state index contributed by atoms with van der Waals surface area (Å²) >= 11 is 0. The SMILES string of the molecule is Cc1ccc(N=NC(C)c2ccccc2)cc1. The van der Waals surface area contributed by atoms with Crippen LogP contribution in [0.3, 0.4) is 0 Å². The fraction of sp³-hybridized carbons (Fsp3) is 0.200. The Morgan fingerprint density at radius 1 is 0.882 bits per heavy atom. The van der Waals surface area contributed by atoms with Gasteiger partial charge in [0.15, 0.2) is 0 Å². The largest absolute Gasteiger partial charge is 0.181 e. The Bertz CT molecular complexity index is 486.